The maximum absolute atomic E-state index is 16.7. The molecule has 4 N–H and O–H groups in total. The summed E-state index contributed by atoms with van der Waals surface area (Å²) in [5.41, 5.74) is -2.33. The molecule has 50 heavy (non-hydrogen) atoms. The Morgan fingerprint density at radius 3 is 2.12 bits per heavy atom. The largest absolute Gasteiger partial charge is 0.493 e. The number of H-pyrrole nitrogens is 2. The lowest BCUT2D eigenvalue weighted by Gasteiger charge is -2.36. The van der Waals surface area contributed by atoms with E-state index in [1.165, 1.54) is 30.6 Å². The average molecular weight is 698 g/mol. The average Bonchev–Trinajstić information content (AvgIpc) is 3.04. The minimum absolute atomic E-state index is 0.0412. The van der Waals surface area contributed by atoms with E-state index in [1.807, 2.05) is 11.9 Å². The second-order valence-electron chi connectivity index (χ2n) is 11.8. The van der Waals surface area contributed by atoms with E-state index >= 15 is 4.39 Å². The minimum atomic E-state index is -4.82. The predicted octanol–water partition coefficient (Wildman–Crippen LogP) is 4.83. The third kappa shape index (κ3) is 8.22. The van der Waals surface area contributed by atoms with Crippen LogP contribution in [0.25, 0.3) is 22.3 Å². The van der Waals surface area contributed by atoms with E-state index in [1.54, 1.807) is 13.8 Å². The molecule has 15 heteroatoms. The van der Waals surface area contributed by atoms with Crippen LogP contribution in [0, 0.1) is 11.7 Å². The Kier molecular flexibility index (Phi) is 10.7. The Morgan fingerprint density at radius 2 is 1.52 bits per heavy atom. The quantitative estimate of drug-likeness (QED) is 0.155. The molecule has 0 radical (unpaired) electrons. The summed E-state index contributed by atoms with van der Waals surface area (Å²) in [6.45, 7) is 5.48. The molecule has 0 aliphatic carbocycles. The lowest BCUT2D eigenvalue weighted by Crippen LogP contribution is -2.49. The molecule has 0 spiro atoms. The number of ether oxygens (including phenoxy) is 2. The number of hydrogen-bond acceptors (Lipinski definition) is 7. The van der Waals surface area contributed by atoms with E-state index in [9.17, 15) is 32.3 Å². The van der Waals surface area contributed by atoms with Crippen LogP contribution in [0.1, 0.15) is 35.3 Å². The van der Waals surface area contributed by atoms with Gasteiger partial charge < -0.3 is 35.0 Å². The molecule has 3 heterocycles. The number of amides is 2. The topological polar surface area (TPSA) is 146 Å². The molecular weight excluding hydrogens is 662 g/mol. The van der Waals surface area contributed by atoms with Crippen molar-refractivity contribution < 1.29 is 36.6 Å². The van der Waals surface area contributed by atoms with Gasteiger partial charge in [0.15, 0.2) is 0 Å². The van der Waals surface area contributed by atoms with E-state index < -0.39 is 46.9 Å². The number of aromatic nitrogens is 2. The Hall–Kier alpha value is -5.44. The van der Waals surface area contributed by atoms with Crippen LogP contribution in [0.5, 0.6) is 11.5 Å². The highest BCUT2D eigenvalue weighted by Crippen LogP contribution is 2.42. The fraction of sp³-hybridized carbons (Fsp3) is 0.314. The van der Waals surface area contributed by atoms with Crippen LogP contribution >= 0.6 is 0 Å². The van der Waals surface area contributed by atoms with Crippen molar-refractivity contribution >= 4 is 17.5 Å². The summed E-state index contributed by atoms with van der Waals surface area (Å²) in [6, 6.07) is 7.68. The van der Waals surface area contributed by atoms with Crippen molar-refractivity contribution in [1.82, 2.24) is 20.2 Å². The fourth-order valence-corrected chi connectivity index (χ4v) is 5.77. The summed E-state index contributed by atoms with van der Waals surface area (Å²) in [4.78, 5) is 57.4. The minimum Gasteiger partial charge on any atom is -0.493 e. The lowest BCUT2D eigenvalue weighted by atomic mass is 9.91. The molecule has 264 valence electrons. The van der Waals surface area contributed by atoms with Gasteiger partial charge in [-0.15, -0.1) is 0 Å². The summed E-state index contributed by atoms with van der Waals surface area (Å²) < 4.78 is 69.4. The molecule has 5 rings (SSSR count). The Morgan fingerprint density at radius 1 is 0.900 bits per heavy atom. The molecule has 0 bridgehead atoms. The Labute approximate surface area is 283 Å². The molecule has 1 aliphatic heterocycles. The molecular formula is C35H35F4N5O6. The zero-order chi connectivity index (χ0) is 36.2. The first kappa shape index (κ1) is 35.9. The normalized spacial score (nSPS) is 13.4. The van der Waals surface area contributed by atoms with E-state index in [2.05, 4.69) is 20.6 Å². The molecule has 0 atom stereocenters. The van der Waals surface area contributed by atoms with Crippen molar-refractivity contribution in [1.29, 1.82) is 0 Å². The molecule has 4 aromatic rings. The van der Waals surface area contributed by atoms with Gasteiger partial charge in [0.05, 0.1) is 25.2 Å². The van der Waals surface area contributed by atoms with Gasteiger partial charge in [0, 0.05) is 78.0 Å². The van der Waals surface area contributed by atoms with E-state index in [0.29, 0.717) is 17.7 Å². The van der Waals surface area contributed by atoms with Crippen molar-refractivity contribution in [2.45, 2.75) is 26.4 Å². The number of nitrogens with one attached hydrogen (secondary N) is 4. The summed E-state index contributed by atoms with van der Waals surface area (Å²) in [6.07, 6.45) is -2.84. The number of likely N-dealkylation sites (tertiary alicyclic amines) is 1. The van der Waals surface area contributed by atoms with Crippen LogP contribution in [-0.4, -0.2) is 66.6 Å². The first-order valence-corrected chi connectivity index (χ1v) is 15.8. The molecule has 1 fully saturated rings. The number of anilines is 1. The number of carbonyl (C=O) groups is 2. The van der Waals surface area contributed by atoms with Gasteiger partial charge in [0.1, 0.15) is 17.3 Å². The standard InChI is InChI=1S/C35H35F4N5O6/c1-4-49-27-12-29(45)40-15-25(27)24-7-6-20(33(36)32(24)26-16-41-30(46)13-28(26)50-5-2)10-31(47)43-23-9-21(8-22(11-23)35(37,38)39)34(48)42-14-19-17-44(3)18-19/h6-9,11-13,15-16,19H,4-5,10,14,17-18H2,1-3H3,(H,40,45)(H,41,46)(H,42,48)(H,43,47). The summed E-state index contributed by atoms with van der Waals surface area (Å²) >= 11 is 0. The SMILES string of the molecule is CCOc1cc(=O)[nH]cc1-c1ccc(CC(=O)Nc2cc(C(=O)NCC3CN(C)C3)cc(C(F)(F)F)c2)c(F)c1-c1c[nH]c(=O)cc1OCC. The van der Waals surface area contributed by atoms with Crippen LogP contribution in [0.4, 0.5) is 23.2 Å². The van der Waals surface area contributed by atoms with Crippen molar-refractivity contribution in [2.75, 3.05) is 45.2 Å². The summed E-state index contributed by atoms with van der Waals surface area (Å²) in [5.74, 6) is -2.13. The first-order chi connectivity index (χ1) is 23.8. The maximum Gasteiger partial charge on any atom is 0.416 e. The van der Waals surface area contributed by atoms with Crippen molar-refractivity contribution in [3.05, 3.63) is 98.1 Å². The molecule has 1 aliphatic rings. The third-order valence-electron chi connectivity index (χ3n) is 8.00. The van der Waals surface area contributed by atoms with Gasteiger partial charge in [-0.1, -0.05) is 12.1 Å². The number of alkyl halides is 3. The number of aromatic amines is 2. The summed E-state index contributed by atoms with van der Waals surface area (Å²) in [7, 11) is 1.91. The molecule has 1 saturated heterocycles. The Bertz CT molecular complexity index is 2020. The third-order valence-corrected chi connectivity index (χ3v) is 8.00. The van der Waals surface area contributed by atoms with Gasteiger partial charge in [-0.3, -0.25) is 19.2 Å². The fourth-order valence-electron chi connectivity index (χ4n) is 5.77. The predicted molar refractivity (Wildman–Crippen MR) is 178 cm³/mol. The number of benzene rings is 2. The number of halogens is 4. The van der Waals surface area contributed by atoms with Crippen LogP contribution in [0.3, 0.4) is 0 Å². The van der Waals surface area contributed by atoms with E-state index in [4.69, 9.17) is 9.47 Å². The van der Waals surface area contributed by atoms with Crippen LogP contribution in [0.15, 0.2) is 64.4 Å². The van der Waals surface area contributed by atoms with Gasteiger partial charge in [-0.2, -0.15) is 13.2 Å². The van der Waals surface area contributed by atoms with Gasteiger partial charge in [0.25, 0.3) is 17.0 Å². The molecule has 2 aromatic heterocycles. The second kappa shape index (κ2) is 15.0. The number of hydrogen-bond donors (Lipinski definition) is 4. The maximum atomic E-state index is 16.7. The van der Waals surface area contributed by atoms with Crippen LogP contribution < -0.4 is 31.2 Å². The number of pyridine rings is 2. The Balaban J connectivity index is 1.51. The van der Waals surface area contributed by atoms with E-state index in [0.717, 1.165) is 25.2 Å². The number of rotatable bonds is 12. The van der Waals surface area contributed by atoms with Gasteiger partial charge in [-0.25, -0.2) is 4.39 Å². The van der Waals surface area contributed by atoms with Crippen molar-refractivity contribution in [2.24, 2.45) is 5.92 Å². The second-order valence-corrected chi connectivity index (χ2v) is 11.8. The molecule has 0 unspecified atom stereocenters. The molecule has 0 saturated carbocycles. The molecule has 2 aromatic carbocycles. The lowest BCUT2D eigenvalue weighted by molar-refractivity contribution is -0.137. The highest BCUT2D eigenvalue weighted by molar-refractivity contribution is 5.98. The molecule has 2 amide bonds. The monoisotopic (exact) mass is 697 g/mol. The van der Waals surface area contributed by atoms with Gasteiger partial charge in [-0.05, 0) is 50.2 Å². The van der Waals surface area contributed by atoms with Gasteiger partial charge in [0.2, 0.25) is 5.91 Å². The number of carbonyl (C=O) groups excluding carboxylic acids is 2. The highest BCUT2D eigenvalue weighted by Gasteiger charge is 2.32. The zero-order valence-electron chi connectivity index (χ0n) is 27.4. The zero-order valence-corrected chi connectivity index (χ0v) is 27.4. The highest BCUT2D eigenvalue weighted by atomic mass is 19.4. The van der Waals surface area contributed by atoms with Crippen LogP contribution in [-0.2, 0) is 17.4 Å². The van der Waals surface area contributed by atoms with Crippen LogP contribution in [0.2, 0.25) is 0 Å². The first-order valence-electron chi connectivity index (χ1n) is 15.8. The molecule has 11 nitrogen and oxygen atoms in total. The summed E-state index contributed by atoms with van der Waals surface area (Å²) in [5, 5.41) is 5.02. The number of nitrogens with zero attached hydrogens (tertiary/aromatic N) is 1. The van der Waals surface area contributed by atoms with E-state index in [-0.39, 0.29) is 70.7 Å². The van der Waals surface area contributed by atoms with Crippen molar-refractivity contribution in [3.8, 4) is 33.8 Å². The van der Waals surface area contributed by atoms with Gasteiger partial charge >= 0.3 is 6.18 Å². The smallest absolute Gasteiger partial charge is 0.416 e. The van der Waals surface area contributed by atoms with Crippen molar-refractivity contribution in [3.63, 3.8) is 0 Å².